The molecule has 1 spiro atoms. The molecule has 196 valence electrons. The molecule has 37 heavy (non-hydrogen) atoms. The van der Waals surface area contributed by atoms with Crippen LogP contribution in [0.3, 0.4) is 0 Å². The van der Waals surface area contributed by atoms with Crippen LogP contribution < -0.4 is 10.1 Å². The van der Waals surface area contributed by atoms with Gasteiger partial charge in [0.1, 0.15) is 11.6 Å². The van der Waals surface area contributed by atoms with Gasteiger partial charge in [0.05, 0.1) is 30.0 Å². The highest BCUT2D eigenvalue weighted by Gasteiger charge is 2.43. The minimum absolute atomic E-state index is 0.0140. The molecule has 1 amide bonds. The minimum Gasteiger partial charge on any atom is -0.481 e. The lowest BCUT2D eigenvalue weighted by Crippen LogP contribution is -2.46. The summed E-state index contributed by atoms with van der Waals surface area (Å²) >= 11 is 0. The van der Waals surface area contributed by atoms with E-state index in [1.807, 2.05) is 24.8 Å². The van der Waals surface area contributed by atoms with Crippen molar-refractivity contribution in [1.29, 1.82) is 0 Å². The lowest BCUT2D eigenvalue weighted by atomic mass is 9.86. The van der Waals surface area contributed by atoms with Crippen LogP contribution >= 0.6 is 0 Å². The number of rotatable bonds is 5. The number of ether oxygens (including phenoxy) is 1. The summed E-state index contributed by atoms with van der Waals surface area (Å²) in [6, 6.07) is 3.65. The number of amides is 1. The number of fused-ring (bicyclic) bond motifs is 1. The van der Waals surface area contributed by atoms with Crippen LogP contribution in [-0.2, 0) is 18.3 Å². The number of pyridine rings is 1. The number of aryl methyl sites for hydroxylation is 4. The fraction of sp³-hybridized carbons (Fsp3) is 0.520. The van der Waals surface area contributed by atoms with Gasteiger partial charge in [-0.3, -0.25) is 4.79 Å². The van der Waals surface area contributed by atoms with E-state index in [2.05, 4.69) is 25.4 Å². The number of carbonyl (C=O) groups excluding carboxylic acids is 1. The number of halogens is 2. The van der Waals surface area contributed by atoms with Gasteiger partial charge in [-0.2, -0.15) is 10.1 Å². The molecule has 2 aliphatic heterocycles. The minimum atomic E-state index is -2.70. The Hall–Kier alpha value is -3.70. The first-order valence-corrected chi connectivity index (χ1v) is 12.3. The number of anilines is 1. The zero-order chi connectivity index (χ0) is 26.5. The summed E-state index contributed by atoms with van der Waals surface area (Å²) in [4.78, 5) is 32.7. The normalized spacial score (nSPS) is 19.7. The maximum Gasteiger partial charge on any atom is 0.297 e. The lowest BCUT2D eigenvalue weighted by Gasteiger charge is -2.36. The summed E-state index contributed by atoms with van der Waals surface area (Å²) in [5.74, 6) is 1.23. The summed E-state index contributed by atoms with van der Waals surface area (Å²) in [6.45, 7) is 6.66. The second kappa shape index (κ2) is 9.31. The third-order valence-corrected chi connectivity index (χ3v) is 7.30. The highest BCUT2D eigenvalue weighted by molar-refractivity contribution is 5.83. The SMILES string of the molecule is COc1cc(C(C)C(=O)N2CC[C@@]3(CCc4cc(-c5nc(C(F)F)n(C)n5)c(C)nc4N3)C2)nc(C)n1. The molecule has 5 heterocycles. The van der Waals surface area contributed by atoms with E-state index in [0.29, 0.717) is 41.7 Å². The largest absolute Gasteiger partial charge is 0.481 e. The quantitative estimate of drug-likeness (QED) is 0.554. The van der Waals surface area contributed by atoms with Gasteiger partial charge in [0.15, 0.2) is 11.6 Å². The Bertz CT molecular complexity index is 1360. The Kier molecular flexibility index (Phi) is 6.28. The van der Waals surface area contributed by atoms with Crippen molar-refractivity contribution in [2.75, 3.05) is 25.5 Å². The first-order chi connectivity index (χ1) is 17.6. The van der Waals surface area contributed by atoms with Crippen LogP contribution in [0.25, 0.3) is 11.4 Å². The molecule has 0 bridgehead atoms. The number of carbonyl (C=O) groups is 1. The lowest BCUT2D eigenvalue weighted by molar-refractivity contribution is -0.131. The predicted octanol–water partition coefficient (Wildman–Crippen LogP) is 3.36. The maximum absolute atomic E-state index is 13.4. The summed E-state index contributed by atoms with van der Waals surface area (Å²) in [7, 11) is 3.00. The Morgan fingerprint density at radius 1 is 1.16 bits per heavy atom. The highest BCUT2D eigenvalue weighted by atomic mass is 19.3. The van der Waals surface area contributed by atoms with Gasteiger partial charge in [0, 0.05) is 31.8 Å². The van der Waals surface area contributed by atoms with Crippen molar-refractivity contribution in [2.45, 2.75) is 57.9 Å². The number of nitrogens with zero attached hydrogens (tertiary/aromatic N) is 7. The molecule has 1 N–H and O–H groups in total. The number of alkyl halides is 2. The molecule has 10 nitrogen and oxygen atoms in total. The van der Waals surface area contributed by atoms with E-state index in [-0.39, 0.29) is 23.1 Å². The van der Waals surface area contributed by atoms with E-state index in [1.54, 1.807) is 20.1 Å². The zero-order valence-electron chi connectivity index (χ0n) is 21.5. The fourth-order valence-electron chi connectivity index (χ4n) is 5.22. The Balaban J connectivity index is 1.33. The van der Waals surface area contributed by atoms with Gasteiger partial charge in [0.2, 0.25) is 11.8 Å². The van der Waals surface area contributed by atoms with Crippen LogP contribution in [0.1, 0.15) is 60.7 Å². The molecule has 2 atom stereocenters. The summed E-state index contributed by atoms with van der Waals surface area (Å²) in [6.07, 6.45) is -0.327. The molecule has 0 radical (unpaired) electrons. The molecule has 12 heteroatoms. The Morgan fingerprint density at radius 2 is 1.95 bits per heavy atom. The summed E-state index contributed by atoms with van der Waals surface area (Å²) in [5, 5.41) is 7.77. The topological polar surface area (TPSA) is 111 Å². The van der Waals surface area contributed by atoms with E-state index >= 15 is 0 Å². The van der Waals surface area contributed by atoms with Crippen LogP contribution in [0.15, 0.2) is 12.1 Å². The highest BCUT2D eigenvalue weighted by Crippen LogP contribution is 2.39. The maximum atomic E-state index is 13.4. The predicted molar refractivity (Wildman–Crippen MR) is 132 cm³/mol. The van der Waals surface area contributed by atoms with E-state index in [0.717, 1.165) is 35.3 Å². The van der Waals surface area contributed by atoms with Crippen molar-refractivity contribution in [1.82, 2.24) is 34.6 Å². The zero-order valence-corrected chi connectivity index (χ0v) is 21.5. The van der Waals surface area contributed by atoms with Crippen molar-refractivity contribution >= 4 is 11.7 Å². The first-order valence-electron chi connectivity index (χ1n) is 12.3. The molecule has 1 unspecified atom stereocenters. The third-order valence-electron chi connectivity index (χ3n) is 7.30. The third kappa shape index (κ3) is 4.60. The van der Waals surface area contributed by atoms with Crippen LogP contribution in [0, 0.1) is 13.8 Å². The molecule has 1 fully saturated rings. The van der Waals surface area contributed by atoms with Crippen molar-refractivity contribution < 1.29 is 18.3 Å². The van der Waals surface area contributed by atoms with Crippen LogP contribution in [0.4, 0.5) is 14.6 Å². The Labute approximate surface area is 213 Å². The molecule has 3 aromatic heterocycles. The van der Waals surface area contributed by atoms with Crippen LogP contribution in [0.2, 0.25) is 0 Å². The molecule has 2 aliphatic rings. The van der Waals surface area contributed by atoms with E-state index in [1.165, 1.54) is 7.05 Å². The average molecular weight is 513 g/mol. The van der Waals surface area contributed by atoms with Gasteiger partial charge >= 0.3 is 0 Å². The number of hydrogen-bond acceptors (Lipinski definition) is 8. The van der Waals surface area contributed by atoms with Crippen LogP contribution in [-0.4, -0.2) is 66.3 Å². The summed E-state index contributed by atoms with van der Waals surface area (Å²) < 4.78 is 32.7. The van der Waals surface area contributed by atoms with Gasteiger partial charge < -0.3 is 15.0 Å². The number of nitrogens with one attached hydrogen (secondary N) is 1. The molecule has 3 aromatic rings. The van der Waals surface area contributed by atoms with Gasteiger partial charge in [-0.05, 0) is 51.7 Å². The molecule has 5 rings (SSSR count). The number of methoxy groups -OCH3 is 1. The fourth-order valence-corrected chi connectivity index (χ4v) is 5.22. The molecular weight excluding hydrogens is 482 g/mol. The second-order valence-electron chi connectivity index (χ2n) is 9.87. The van der Waals surface area contributed by atoms with Crippen molar-refractivity contribution in [3.05, 3.63) is 40.7 Å². The van der Waals surface area contributed by atoms with Gasteiger partial charge in [-0.1, -0.05) is 0 Å². The molecule has 0 saturated carbocycles. The second-order valence-corrected chi connectivity index (χ2v) is 9.87. The number of aromatic nitrogens is 6. The summed E-state index contributed by atoms with van der Waals surface area (Å²) in [5.41, 5.74) is 2.66. The molecule has 0 aliphatic carbocycles. The van der Waals surface area contributed by atoms with Crippen molar-refractivity contribution in [3.8, 4) is 17.3 Å². The van der Waals surface area contributed by atoms with Gasteiger partial charge in [-0.25, -0.2) is 28.4 Å². The smallest absolute Gasteiger partial charge is 0.297 e. The number of hydrogen-bond donors (Lipinski definition) is 1. The molecular formula is C25H30F2N8O2. The number of likely N-dealkylation sites (tertiary alicyclic amines) is 1. The van der Waals surface area contributed by atoms with Gasteiger partial charge in [-0.15, -0.1) is 0 Å². The van der Waals surface area contributed by atoms with Gasteiger partial charge in [0.25, 0.3) is 6.43 Å². The molecule has 0 aromatic carbocycles. The average Bonchev–Trinajstić information content (AvgIpc) is 3.46. The molecule has 1 saturated heterocycles. The van der Waals surface area contributed by atoms with E-state index < -0.39 is 12.3 Å². The van der Waals surface area contributed by atoms with Crippen molar-refractivity contribution in [2.24, 2.45) is 7.05 Å². The van der Waals surface area contributed by atoms with Crippen molar-refractivity contribution in [3.63, 3.8) is 0 Å². The van der Waals surface area contributed by atoms with E-state index in [4.69, 9.17) is 9.72 Å². The Morgan fingerprint density at radius 3 is 2.65 bits per heavy atom. The van der Waals surface area contributed by atoms with E-state index in [9.17, 15) is 13.6 Å². The first kappa shape index (κ1) is 25.0. The monoisotopic (exact) mass is 512 g/mol. The van der Waals surface area contributed by atoms with Crippen LogP contribution in [0.5, 0.6) is 5.88 Å². The standard InChI is InChI=1S/C25H30F2N8O2/c1-13(18-11-19(37-5)30-15(3)29-18)24(36)35-9-8-25(12-35)7-6-16-10-17(14(2)28-21(16)32-25)22-31-23(20(26)27)34(4)33-22/h10-11,13,20H,6-9,12H2,1-5H3,(H,28,32)/t13?,25-/m0/s1.